The van der Waals surface area contributed by atoms with Gasteiger partial charge in [0.2, 0.25) is 0 Å². The topological polar surface area (TPSA) is 38.5 Å². The third kappa shape index (κ3) is 3.44. The summed E-state index contributed by atoms with van der Waals surface area (Å²) in [5, 5.41) is 0. The van der Waals surface area contributed by atoms with Crippen LogP contribution in [0.3, 0.4) is 0 Å². The number of nitrogens with zero attached hydrogens (tertiary/aromatic N) is 1. The molecule has 2 aromatic rings. The first-order valence-electron chi connectivity index (χ1n) is 6.97. The maximum absolute atomic E-state index is 6.16. The summed E-state index contributed by atoms with van der Waals surface area (Å²) in [5.74, 6) is 0.794. The van der Waals surface area contributed by atoms with Crippen LogP contribution in [-0.4, -0.2) is 13.7 Å². The Labute approximate surface area is 121 Å². The Kier molecular flexibility index (Phi) is 4.88. The number of benzene rings is 2. The average molecular weight is 270 g/mol. The predicted molar refractivity (Wildman–Crippen MR) is 85.2 cm³/mol. The number of nitrogen functional groups attached to an aromatic ring is 1. The Hall–Kier alpha value is -2.16. The van der Waals surface area contributed by atoms with Crippen molar-refractivity contribution in [1.29, 1.82) is 0 Å². The van der Waals surface area contributed by atoms with E-state index in [1.54, 1.807) is 7.11 Å². The maximum Gasteiger partial charge on any atom is 0.121 e. The molecule has 3 heteroatoms. The molecule has 0 fully saturated rings. The standard InChI is InChI=1S/C17H22N2O/c1-3-11-19(13-14-7-5-4-6-8-14)17-10-9-15(20-2)12-16(17)18/h4-10,12H,3,11,13,18H2,1-2H3. The van der Waals surface area contributed by atoms with E-state index in [0.29, 0.717) is 0 Å². The molecule has 0 aliphatic heterocycles. The molecule has 0 aliphatic carbocycles. The van der Waals surface area contributed by atoms with Gasteiger partial charge in [-0.1, -0.05) is 37.3 Å². The maximum atomic E-state index is 6.16. The van der Waals surface area contributed by atoms with Crippen molar-refractivity contribution in [2.75, 3.05) is 24.3 Å². The largest absolute Gasteiger partial charge is 0.497 e. The Balaban J connectivity index is 2.24. The summed E-state index contributed by atoms with van der Waals surface area (Å²) in [7, 11) is 1.65. The van der Waals surface area contributed by atoms with Crippen molar-refractivity contribution in [3.05, 3.63) is 54.1 Å². The summed E-state index contributed by atoms with van der Waals surface area (Å²) in [6, 6.07) is 16.3. The molecule has 0 spiro atoms. The first kappa shape index (κ1) is 14.3. The number of ether oxygens (including phenoxy) is 1. The van der Waals surface area contributed by atoms with Crippen LogP contribution in [0.1, 0.15) is 18.9 Å². The van der Waals surface area contributed by atoms with E-state index >= 15 is 0 Å². The van der Waals surface area contributed by atoms with Crippen LogP contribution in [0, 0.1) is 0 Å². The lowest BCUT2D eigenvalue weighted by atomic mass is 10.1. The van der Waals surface area contributed by atoms with Gasteiger partial charge in [0.1, 0.15) is 5.75 Å². The van der Waals surface area contributed by atoms with E-state index in [4.69, 9.17) is 10.5 Å². The lowest BCUT2D eigenvalue weighted by Crippen LogP contribution is -2.24. The van der Waals surface area contributed by atoms with Gasteiger partial charge in [0, 0.05) is 19.2 Å². The van der Waals surface area contributed by atoms with Crippen molar-refractivity contribution in [3.8, 4) is 5.75 Å². The highest BCUT2D eigenvalue weighted by Crippen LogP contribution is 2.28. The van der Waals surface area contributed by atoms with Crippen molar-refractivity contribution in [2.24, 2.45) is 0 Å². The van der Waals surface area contributed by atoms with Crippen molar-refractivity contribution in [2.45, 2.75) is 19.9 Å². The number of anilines is 2. The summed E-state index contributed by atoms with van der Waals surface area (Å²) in [5.41, 5.74) is 9.27. The van der Waals surface area contributed by atoms with Crippen LogP contribution in [0.25, 0.3) is 0 Å². The van der Waals surface area contributed by atoms with E-state index in [1.807, 2.05) is 24.3 Å². The fourth-order valence-electron chi connectivity index (χ4n) is 2.31. The molecule has 0 bridgehead atoms. The fraction of sp³-hybridized carbons (Fsp3) is 0.294. The Morgan fingerprint density at radius 2 is 1.85 bits per heavy atom. The normalized spacial score (nSPS) is 10.3. The number of nitrogens with two attached hydrogens (primary N) is 1. The van der Waals surface area contributed by atoms with Gasteiger partial charge in [0.05, 0.1) is 18.5 Å². The van der Waals surface area contributed by atoms with E-state index in [1.165, 1.54) is 5.56 Å². The third-order valence-corrected chi connectivity index (χ3v) is 3.29. The van der Waals surface area contributed by atoms with Gasteiger partial charge < -0.3 is 15.4 Å². The zero-order valence-electron chi connectivity index (χ0n) is 12.2. The van der Waals surface area contributed by atoms with Gasteiger partial charge in [0.25, 0.3) is 0 Å². The molecule has 2 N–H and O–H groups in total. The summed E-state index contributed by atoms with van der Waals surface area (Å²) < 4.78 is 5.21. The summed E-state index contributed by atoms with van der Waals surface area (Å²) in [6.07, 6.45) is 1.08. The molecule has 2 rings (SSSR count). The average Bonchev–Trinajstić information content (AvgIpc) is 2.48. The zero-order valence-corrected chi connectivity index (χ0v) is 12.2. The van der Waals surface area contributed by atoms with E-state index in [-0.39, 0.29) is 0 Å². The highest BCUT2D eigenvalue weighted by atomic mass is 16.5. The molecule has 0 aromatic heterocycles. The Morgan fingerprint density at radius 1 is 1.10 bits per heavy atom. The van der Waals surface area contributed by atoms with Crippen LogP contribution in [0.4, 0.5) is 11.4 Å². The van der Waals surface area contributed by atoms with E-state index in [0.717, 1.165) is 36.6 Å². The minimum Gasteiger partial charge on any atom is -0.497 e. The smallest absolute Gasteiger partial charge is 0.121 e. The Morgan fingerprint density at radius 3 is 2.45 bits per heavy atom. The van der Waals surface area contributed by atoms with Gasteiger partial charge in [-0.05, 0) is 24.1 Å². The molecule has 0 radical (unpaired) electrons. The van der Waals surface area contributed by atoms with Crippen molar-refractivity contribution in [1.82, 2.24) is 0 Å². The second-order valence-electron chi connectivity index (χ2n) is 4.83. The van der Waals surface area contributed by atoms with Crippen LogP contribution in [0.15, 0.2) is 48.5 Å². The molecule has 0 unspecified atom stereocenters. The van der Waals surface area contributed by atoms with Crippen LogP contribution < -0.4 is 15.4 Å². The lowest BCUT2D eigenvalue weighted by Gasteiger charge is -2.26. The Bertz CT molecular complexity index is 540. The minimum atomic E-state index is 0.758. The van der Waals surface area contributed by atoms with Crippen LogP contribution >= 0.6 is 0 Å². The van der Waals surface area contributed by atoms with E-state index in [9.17, 15) is 0 Å². The molecule has 3 nitrogen and oxygen atoms in total. The predicted octanol–water partition coefficient (Wildman–Crippen LogP) is 3.69. The molecule has 0 heterocycles. The molecular formula is C17H22N2O. The van der Waals surface area contributed by atoms with Crippen molar-refractivity contribution in [3.63, 3.8) is 0 Å². The quantitative estimate of drug-likeness (QED) is 0.813. The lowest BCUT2D eigenvalue weighted by molar-refractivity contribution is 0.415. The SMILES string of the molecule is CCCN(Cc1ccccc1)c1ccc(OC)cc1N. The molecular weight excluding hydrogens is 248 g/mol. The van der Waals surface area contributed by atoms with Gasteiger partial charge in [-0.15, -0.1) is 0 Å². The number of methoxy groups -OCH3 is 1. The summed E-state index contributed by atoms with van der Waals surface area (Å²) in [4.78, 5) is 2.31. The summed E-state index contributed by atoms with van der Waals surface area (Å²) >= 11 is 0. The fourth-order valence-corrected chi connectivity index (χ4v) is 2.31. The first-order valence-corrected chi connectivity index (χ1v) is 6.97. The van der Waals surface area contributed by atoms with Crippen LogP contribution in [0.5, 0.6) is 5.75 Å². The highest BCUT2D eigenvalue weighted by Gasteiger charge is 2.10. The molecule has 0 amide bonds. The van der Waals surface area contributed by atoms with Gasteiger partial charge >= 0.3 is 0 Å². The molecule has 2 aromatic carbocycles. The zero-order chi connectivity index (χ0) is 14.4. The van der Waals surface area contributed by atoms with E-state index < -0.39 is 0 Å². The van der Waals surface area contributed by atoms with Gasteiger partial charge in [-0.3, -0.25) is 0 Å². The third-order valence-electron chi connectivity index (χ3n) is 3.29. The van der Waals surface area contributed by atoms with E-state index in [2.05, 4.69) is 36.1 Å². The van der Waals surface area contributed by atoms with Crippen molar-refractivity contribution < 1.29 is 4.74 Å². The first-order chi connectivity index (χ1) is 9.74. The van der Waals surface area contributed by atoms with Crippen molar-refractivity contribution >= 4 is 11.4 Å². The monoisotopic (exact) mass is 270 g/mol. The minimum absolute atomic E-state index is 0.758. The van der Waals surface area contributed by atoms with Gasteiger partial charge in [-0.2, -0.15) is 0 Å². The molecule has 0 atom stereocenters. The second-order valence-corrected chi connectivity index (χ2v) is 4.83. The molecule has 0 saturated heterocycles. The second kappa shape index (κ2) is 6.85. The summed E-state index contributed by atoms with van der Waals surface area (Å²) in [6.45, 7) is 4.02. The molecule has 20 heavy (non-hydrogen) atoms. The van der Waals surface area contributed by atoms with Crippen LogP contribution in [0.2, 0.25) is 0 Å². The molecule has 0 aliphatic rings. The molecule has 0 saturated carbocycles. The highest BCUT2D eigenvalue weighted by molar-refractivity contribution is 5.69. The van der Waals surface area contributed by atoms with Crippen LogP contribution in [-0.2, 0) is 6.54 Å². The molecule has 106 valence electrons. The number of hydrogen-bond acceptors (Lipinski definition) is 3. The van der Waals surface area contributed by atoms with Gasteiger partial charge in [0.15, 0.2) is 0 Å². The van der Waals surface area contributed by atoms with Gasteiger partial charge in [-0.25, -0.2) is 0 Å². The number of rotatable bonds is 6. The number of hydrogen-bond donors (Lipinski definition) is 1.